The number of nitrogens with zero attached hydrogens (tertiary/aromatic N) is 2. The molecule has 0 unspecified atom stereocenters. The van der Waals surface area contributed by atoms with Crippen LogP contribution >= 0.6 is 12.8 Å². The molecule has 0 aromatic rings. The van der Waals surface area contributed by atoms with E-state index >= 15 is 0 Å². The van der Waals surface area contributed by atoms with Gasteiger partial charge in [0.2, 0.25) is 0 Å². The van der Waals surface area contributed by atoms with Gasteiger partial charge in [-0.2, -0.15) is 0 Å². The second-order valence-electron chi connectivity index (χ2n) is 4.70. The largest absolute Gasteiger partial charge is 0.388 e. The number of hydrogen-bond acceptors (Lipinski definition) is 4. The summed E-state index contributed by atoms with van der Waals surface area (Å²) >= 11 is 4.31. The molecule has 0 amide bonds. The molecule has 2 aliphatic rings. The average Bonchev–Trinajstić information content (AvgIpc) is 2.58. The predicted molar refractivity (Wildman–Crippen MR) is 60.4 cm³/mol. The van der Waals surface area contributed by atoms with Crippen LogP contribution in [0.15, 0.2) is 0 Å². The van der Waals surface area contributed by atoms with Crippen molar-refractivity contribution < 1.29 is 5.11 Å². The summed E-state index contributed by atoms with van der Waals surface area (Å²) in [5.74, 6) is 0. The van der Waals surface area contributed by atoms with Crippen molar-refractivity contribution in [2.75, 3.05) is 26.7 Å². The maximum atomic E-state index is 10.6. The number of aliphatic hydroxyl groups is 1. The molecule has 82 valence electrons. The zero-order valence-corrected chi connectivity index (χ0v) is 9.71. The molecule has 3 nitrogen and oxygen atoms in total. The van der Waals surface area contributed by atoms with Gasteiger partial charge in [0.25, 0.3) is 0 Å². The van der Waals surface area contributed by atoms with Crippen molar-refractivity contribution >= 4 is 12.8 Å². The molecular weight excluding hydrogens is 196 g/mol. The van der Waals surface area contributed by atoms with Gasteiger partial charge >= 0.3 is 0 Å². The van der Waals surface area contributed by atoms with Gasteiger partial charge in [0.1, 0.15) is 0 Å². The van der Waals surface area contributed by atoms with Crippen molar-refractivity contribution in [1.82, 2.24) is 9.21 Å². The van der Waals surface area contributed by atoms with Crippen LogP contribution in [0, 0.1) is 0 Å². The van der Waals surface area contributed by atoms with Crippen molar-refractivity contribution in [3.63, 3.8) is 0 Å². The minimum atomic E-state index is -0.454. The van der Waals surface area contributed by atoms with Crippen LogP contribution in [0.4, 0.5) is 0 Å². The summed E-state index contributed by atoms with van der Waals surface area (Å²) in [5, 5.41) is 10.6. The lowest BCUT2D eigenvalue weighted by molar-refractivity contribution is -0.0586. The molecule has 2 heterocycles. The lowest BCUT2D eigenvalue weighted by Crippen LogP contribution is -2.53. The second kappa shape index (κ2) is 4.00. The number of thiol groups is 1. The van der Waals surface area contributed by atoms with E-state index in [-0.39, 0.29) is 0 Å². The summed E-state index contributed by atoms with van der Waals surface area (Å²) in [6.07, 6.45) is 4.12. The maximum Gasteiger partial charge on any atom is 0.0827 e. The first-order chi connectivity index (χ1) is 6.62. The molecule has 2 fully saturated rings. The molecule has 1 N–H and O–H groups in total. The third-order valence-corrected chi connectivity index (χ3v) is 4.15. The fraction of sp³-hybridized carbons (Fsp3) is 1.00. The fourth-order valence-electron chi connectivity index (χ4n) is 2.80. The summed E-state index contributed by atoms with van der Waals surface area (Å²) in [6, 6.07) is 0.379. The Kier molecular flexibility index (Phi) is 3.07. The first kappa shape index (κ1) is 10.7. The number of hydrogen-bond donors (Lipinski definition) is 2. The Bertz CT molecular complexity index is 204. The molecule has 0 spiro atoms. The molecule has 2 aliphatic heterocycles. The number of rotatable bonds is 1. The molecule has 0 bridgehead atoms. The van der Waals surface area contributed by atoms with E-state index in [1.54, 1.807) is 0 Å². The molecule has 2 rings (SSSR count). The van der Waals surface area contributed by atoms with Gasteiger partial charge in [-0.3, -0.25) is 4.31 Å². The van der Waals surface area contributed by atoms with Crippen molar-refractivity contribution in [3.05, 3.63) is 0 Å². The standard InChI is InChI=1S/C10H20N2OS/c1-11-6-2-3-9(11)10(13)4-7-12(14)8-5-10/h9,13-14H,2-8H2,1H3/t9-/m0/s1. The van der Waals surface area contributed by atoms with Gasteiger partial charge in [-0.1, -0.05) is 12.8 Å². The van der Waals surface area contributed by atoms with Gasteiger partial charge in [-0.05, 0) is 39.3 Å². The van der Waals surface area contributed by atoms with Crippen molar-refractivity contribution in [2.45, 2.75) is 37.3 Å². The Morgan fingerprint density at radius 1 is 1.29 bits per heavy atom. The van der Waals surface area contributed by atoms with Crippen LogP contribution in [0.3, 0.4) is 0 Å². The lowest BCUT2D eigenvalue weighted by Gasteiger charge is -2.42. The van der Waals surface area contributed by atoms with E-state index in [0.717, 1.165) is 38.9 Å². The molecule has 0 aliphatic carbocycles. The van der Waals surface area contributed by atoms with E-state index in [9.17, 15) is 5.11 Å². The number of piperidine rings is 1. The third-order valence-electron chi connectivity index (χ3n) is 3.75. The zero-order chi connectivity index (χ0) is 10.2. The van der Waals surface area contributed by atoms with Crippen LogP contribution in [0.2, 0.25) is 0 Å². The van der Waals surface area contributed by atoms with E-state index < -0.39 is 5.60 Å². The maximum absolute atomic E-state index is 10.6. The molecule has 0 saturated carbocycles. The third kappa shape index (κ3) is 1.94. The summed E-state index contributed by atoms with van der Waals surface area (Å²) in [6.45, 7) is 2.95. The first-order valence-corrected chi connectivity index (χ1v) is 5.88. The van der Waals surface area contributed by atoms with E-state index in [4.69, 9.17) is 0 Å². The van der Waals surface area contributed by atoms with Crippen LogP contribution < -0.4 is 0 Å². The van der Waals surface area contributed by atoms with Gasteiger partial charge in [-0.15, -0.1) is 0 Å². The normalized spacial score (nSPS) is 34.9. The minimum Gasteiger partial charge on any atom is -0.388 e. The van der Waals surface area contributed by atoms with Gasteiger partial charge in [0.15, 0.2) is 0 Å². The second-order valence-corrected chi connectivity index (χ2v) is 5.26. The molecular formula is C10H20N2OS. The van der Waals surface area contributed by atoms with Crippen LogP contribution in [0.25, 0.3) is 0 Å². The fourth-order valence-corrected chi connectivity index (χ4v) is 3.00. The Morgan fingerprint density at radius 2 is 1.93 bits per heavy atom. The molecule has 2 saturated heterocycles. The van der Waals surface area contributed by atoms with E-state index in [0.29, 0.717) is 6.04 Å². The lowest BCUT2D eigenvalue weighted by atomic mass is 9.84. The monoisotopic (exact) mass is 216 g/mol. The zero-order valence-electron chi connectivity index (χ0n) is 8.82. The summed E-state index contributed by atoms with van der Waals surface area (Å²) in [7, 11) is 2.13. The number of likely N-dealkylation sites (N-methyl/N-ethyl adjacent to an activating group) is 1. The predicted octanol–water partition coefficient (Wildman–Crippen LogP) is 0.752. The minimum absolute atomic E-state index is 0.379. The topological polar surface area (TPSA) is 26.7 Å². The molecule has 0 radical (unpaired) electrons. The summed E-state index contributed by atoms with van der Waals surface area (Å²) < 4.78 is 2.00. The SMILES string of the molecule is CN1CCC[C@H]1C1(O)CCN(S)CC1. The van der Waals surface area contributed by atoms with Crippen molar-refractivity contribution in [3.8, 4) is 0 Å². The van der Waals surface area contributed by atoms with Crippen LogP contribution in [0.1, 0.15) is 25.7 Å². The highest BCUT2D eigenvalue weighted by atomic mass is 32.1. The Hall–Kier alpha value is 0.230. The van der Waals surface area contributed by atoms with Crippen LogP contribution in [0.5, 0.6) is 0 Å². The van der Waals surface area contributed by atoms with Crippen molar-refractivity contribution in [1.29, 1.82) is 0 Å². The van der Waals surface area contributed by atoms with Gasteiger partial charge in [0.05, 0.1) is 5.60 Å². The smallest absolute Gasteiger partial charge is 0.0827 e. The quantitative estimate of drug-likeness (QED) is 0.633. The molecule has 1 atom stereocenters. The Labute approximate surface area is 91.6 Å². The average molecular weight is 216 g/mol. The highest BCUT2D eigenvalue weighted by molar-refractivity contribution is 7.77. The summed E-state index contributed by atoms with van der Waals surface area (Å²) in [4.78, 5) is 2.31. The highest BCUT2D eigenvalue weighted by Gasteiger charge is 2.42. The first-order valence-electron chi connectivity index (χ1n) is 5.48. The molecule has 0 aromatic heterocycles. The van der Waals surface area contributed by atoms with Crippen LogP contribution in [-0.4, -0.2) is 52.6 Å². The van der Waals surface area contributed by atoms with E-state index in [1.165, 1.54) is 6.42 Å². The molecule has 14 heavy (non-hydrogen) atoms. The van der Waals surface area contributed by atoms with Crippen LogP contribution in [-0.2, 0) is 0 Å². The number of likely N-dealkylation sites (tertiary alicyclic amines) is 1. The van der Waals surface area contributed by atoms with E-state index in [1.807, 2.05) is 4.31 Å². The Balaban J connectivity index is 2.01. The highest BCUT2D eigenvalue weighted by Crippen LogP contribution is 2.34. The Morgan fingerprint density at radius 3 is 2.43 bits per heavy atom. The van der Waals surface area contributed by atoms with Gasteiger partial charge in [0, 0.05) is 19.1 Å². The summed E-state index contributed by atoms with van der Waals surface area (Å²) in [5.41, 5.74) is -0.454. The molecule has 0 aromatic carbocycles. The van der Waals surface area contributed by atoms with Crippen molar-refractivity contribution in [2.24, 2.45) is 0 Å². The van der Waals surface area contributed by atoms with Gasteiger partial charge in [-0.25, -0.2) is 0 Å². The van der Waals surface area contributed by atoms with Gasteiger partial charge < -0.3 is 10.0 Å². The molecule has 4 heteroatoms. The van der Waals surface area contributed by atoms with E-state index in [2.05, 4.69) is 24.8 Å².